The number of aryl methyl sites for hydroxylation is 2. The zero-order valence-corrected chi connectivity index (χ0v) is 14.9. The minimum absolute atomic E-state index is 0.0424. The normalized spacial score (nSPS) is 14.2. The fourth-order valence-electron chi connectivity index (χ4n) is 2.32. The standard InChI is InChI=1S/C17H28N2O4/c1-11-7-13(12(2)23-11)17(6,22)10-19-15(21)9-18-14(20)8-16(3,4)5/h7,22H,8-10H2,1-6H3,(H,18,20)(H,19,21). The van der Waals surface area contributed by atoms with Gasteiger partial charge in [0.2, 0.25) is 11.8 Å². The number of hydrogen-bond donors (Lipinski definition) is 3. The SMILES string of the molecule is Cc1cc(C(C)(O)CNC(=O)CNC(=O)CC(C)(C)C)c(C)o1. The van der Waals surface area contributed by atoms with Crippen molar-refractivity contribution in [3.05, 3.63) is 23.2 Å². The maximum Gasteiger partial charge on any atom is 0.239 e. The van der Waals surface area contributed by atoms with E-state index < -0.39 is 5.60 Å². The molecule has 6 nitrogen and oxygen atoms in total. The molecular weight excluding hydrogens is 296 g/mol. The van der Waals surface area contributed by atoms with E-state index in [1.165, 1.54) is 0 Å². The van der Waals surface area contributed by atoms with E-state index in [9.17, 15) is 14.7 Å². The third-order valence-electron chi connectivity index (χ3n) is 3.39. The molecule has 0 radical (unpaired) electrons. The molecule has 0 fully saturated rings. The van der Waals surface area contributed by atoms with Crippen molar-refractivity contribution in [2.75, 3.05) is 13.1 Å². The second-order valence-electron chi connectivity index (χ2n) is 7.39. The van der Waals surface area contributed by atoms with E-state index in [4.69, 9.17) is 4.42 Å². The van der Waals surface area contributed by atoms with Crippen molar-refractivity contribution in [1.82, 2.24) is 10.6 Å². The average Bonchev–Trinajstić information content (AvgIpc) is 2.72. The molecule has 0 saturated heterocycles. The van der Waals surface area contributed by atoms with Crippen molar-refractivity contribution in [2.45, 2.75) is 53.6 Å². The summed E-state index contributed by atoms with van der Waals surface area (Å²) in [5, 5.41) is 15.7. The lowest BCUT2D eigenvalue weighted by Crippen LogP contribution is -2.43. The number of carbonyl (C=O) groups is 2. The van der Waals surface area contributed by atoms with Crippen molar-refractivity contribution in [3.63, 3.8) is 0 Å². The van der Waals surface area contributed by atoms with Crippen molar-refractivity contribution in [3.8, 4) is 0 Å². The minimum atomic E-state index is -1.23. The predicted octanol–water partition coefficient (Wildman–Crippen LogP) is 1.77. The number of aliphatic hydroxyl groups is 1. The predicted molar refractivity (Wildman–Crippen MR) is 87.8 cm³/mol. The van der Waals surface area contributed by atoms with Crippen LogP contribution in [0.4, 0.5) is 0 Å². The first kappa shape index (κ1) is 19.2. The second-order valence-corrected chi connectivity index (χ2v) is 7.39. The van der Waals surface area contributed by atoms with Crippen LogP contribution in [0.2, 0.25) is 0 Å². The number of rotatable bonds is 6. The highest BCUT2D eigenvalue weighted by Crippen LogP contribution is 2.26. The van der Waals surface area contributed by atoms with Crippen molar-refractivity contribution < 1.29 is 19.1 Å². The van der Waals surface area contributed by atoms with Gasteiger partial charge in [-0.2, -0.15) is 0 Å². The molecule has 1 atom stereocenters. The molecule has 1 aromatic heterocycles. The summed E-state index contributed by atoms with van der Waals surface area (Å²) < 4.78 is 5.40. The van der Waals surface area contributed by atoms with E-state index in [1.807, 2.05) is 20.8 Å². The van der Waals surface area contributed by atoms with Crippen LogP contribution in [0.25, 0.3) is 0 Å². The summed E-state index contributed by atoms with van der Waals surface area (Å²) >= 11 is 0. The first-order valence-corrected chi connectivity index (χ1v) is 7.74. The number of furan rings is 1. The first-order valence-electron chi connectivity index (χ1n) is 7.74. The van der Waals surface area contributed by atoms with Crippen LogP contribution in [-0.4, -0.2) is 30.0 Å². The Labute approximate surface area is 137 Å². The fourth-order valence-corrected chi connectivity index (χ4v) is 2.32. The van der Waals surface area contributed by atoms with Gasteiger partial charge in [0.25, 0.3) is 0 Å². The summed E-state index contributed by atoms with van der Waals surface area (Å²) in [5.41, 5.74) is -0.708. The van der Waals surface area contributed by atoms with Gasteiger partial charge in [-0.1, -0.05) is 20.8 Å². The maximum atomic E-state index is 11.8. The van der Waals surface area contributed by atoms with Gasteiger partial charge in [-0.25, -0.2) is 0 Å². The Balaban J connectivity index is 2.46. The third kappa shape index (κ3) is 6.44. The van der Waals surface area contributed by atoms with E-state index in [0.717, 1.165) is 0 Å². The quantitative estimate of drug-likeness (QED) is 0.744. The lowest BCUT2D eigenvalue weighted by molar-refractivity contribution is -0.127. The van der Waals surface area contributed by atoms with E-state index in [2.05, 4.69) is 10.6 Å². The van der Waals surface area contributed by atoms with E-state index >= 15 is 0 Å². The molecule has 1 aromatic rings. The fraction of sp³-hybridized carbons (Fsp3) is 0.647. The molecule has 1 rings (SSSR count). The highest BCUT2D eigenvalue weighted by molar-refractivity contribution is 5.84. The van der Waals surface area contributed by atoms with Crippen LogP contribution in [0.1, 0.15) is 51.2 Å². The van der Waals surface area contributed by atoms with Crippen molar-refractivity contribution in [2.24, 2.45) is 5.41 Å². The summed E-state index contributed by atoms with van der Waals surface area (Å²) in [5.74, 6) is 0.824. The van der Waals surface area contributed by atoms with E-state index in [-0.39, 0.29) is 30.3 Å². The topological polar surface area (TPSA) is 91.6 Å². The minimum Gasteiger partial charge on any atom is -0.466 e. The van der Waals surface area contributed by atoms with Crippen LogP contribution < -0.4 is 10.6 Å². The average molecular weight is 324 g/mol. The Morgan fingerprint density at radius 1 is 1.13 bits per heavy atom. The molecule has 2 amide bonds. The molecule has 23 heavy (non-hydrogen) atoms. The van der Waals surface area contributed by atoms with Gasteiger partial charge in [0.15, 0.2) is 0 Å². The van der Waals surface area contributed by atoms with Gasteiger partial charge in [-0.3, -0.25) is 9.59 Å². The molecule has 0 aliphatic rings. The number of carbonyl (C=O) groups excluding carboxylic acids is 2. The van der Waals surface area contributed by atoms with Crippen LogP contribution in [0, 0.1) is 19.3 Å². The summed E-state index contributed by atoms with van der Waals surface area (Å²) in [7, 11) is 0. The van der Waals surface area contributed by atoms with Gasteiger partial charge in [0.05, 0.1) is 13.1 Å². The largest absolute Gasteiger partial charge is 0.466 e. The summed E-state index contributed by atoms with van der Waals surface area (Å²) in [4.78, 5) is 23.5. The van der Waals surface area contributed by atoms with Crippen molar-refractivity contribution in [1.29, 1.82) is 0 Å². The van der Waals surface area contributed by atoms with Gasteiger partial charge < -0.3 is 20.2 Å². The molecular formula is C17H28N2O4. The Kier molecular flexibility index (Phi) is 5.99. The molecule has 0 aromatic carbocycles. The highest BCUT2D eigenvalue weighted by atomic mass is 16.3. The lowest BCUT2D eigenvalue weighted by Gasteiger charge is -2.23. The summed E-state index contributed by atoms with van der Waals surface area (Å²) in [6.45, 7) is 11.0. The van der Waals surface area contributed by atoms with Crippen LogP contribution in [0.5, 0.6) is 0 Å². The lowest BCUT2D eigenvalue weighted by atomic mass is 9.92. The molecule has 0 aliphatic heterocycles. The van der Waals surface area contributed by atoms with Gasteiger partial charge in [-0.05, 0) is 32.3 Å². The molecule has 130 valence electrons. The monoisotopic (exact) mass is 324 g/mol. The molecule has 0 spiro atoms. The Morgan fingerprint density at radius 3 is 2.22 bits per heavy atom. The highest BCUT2D eigenvalue weighted by Gasteiger charge is 2.28. The molecule has 1 heterocycles. The molecule has 6 heteroatoms. The summed E-state index contributed by atoms with van der Waals surface area (Å²) in [6, 6.07) is 1.76. The molecule has 0 bridgehead atoms. The maximum absolute atomic E-state index is 11.8. The van der Waals surface area contributed by atoms with Crippen LogP contribution in [0.15, 0.2) is 10.5 Å². The van der Waals surface area contributed by atoms with E-state index in [0.29, 0.717) is 23.5 Å². The van der Waals surface area contributed by atoms with Gasteiger partial charge in [0, 0.05) is 12.0 Å². The molecule has 1 unspecified atom stereocenters. The van der Waals surface area contributed by atoms with Crippen molar-refractivity contribution >= 4 is 11.8 Å². The van der Waals surface area contributed by atoms with Gasteiger partial charge in [0.1, 0.15) is 17.1 Å². The second kappa shape index (κ2) is 7.17. The third-order valence-corrected chi connectivity index (χ3v) is 3.39. The molecule has 0 aliphatic carbocycles. The van der Waals surface area contributed by atoms with Crippen LogP contribution in [-0.2, 0) is 15.2 Å². The summed E-state index contributed by atoms with van der Waals surface area (Å²) in [6.07, 6.45) is 0.353. The van der Waals surface area contributed by atoms with Crippen LogP contribution in [0.3, 0.4) is 0 Å². The number of amides is 2. The number of nitrogens with one attached hydrogen (secondary N) is 2. The Hall–Kier alpha value is -1.82. The Bertz CT molecular complexity index is 568. The number of hydrogen-bond acceptors (Lipinski definition) is 4. The zero-order valence-electron chi connectivity index (χ0n) is 14.9. The zero-order chi connectivity index (χ0) is 17.8. The van der Waals surface area contributed by atoms with E-state index in [1.54, 1.807) is 26.8 Å². The molecule has 0 saturated carbocycles. The molecule has 3 N–H and O–H groups in total. The van der Waals surface area contributed by atoms with Gasteiger partial charge in [-0.15, -0.1) is 0 Å². The first-order chi connectivity index (χ1) is 10.4. The van der Waals surface area contributed by atoms with Gasteiger partial charge >= 0.3 is 0 Å². The Morgan fingerprint density at radius 2 is 1.74 bits per heavy atom. The smallest absolute Gasteiger partial charge is 0.239 e. The van der Waals surface area contributed by atoms with Crippen LogP contribution >= 0.6 is 0 Å².